The largest absolute Gasteiger partial charge is 0.349 e. The van der Waals surface area contributed by atoms with Gasteiger partial charge in [-0.3, -0.25) is 4.79 Å². The molecule has 1 fully saturated rings. The molecule has 1 amide bonds. The predicted molar refractivity (Wildman–Crippen MR) is 66.5 cm³/mol. The molecule has 0 aliphatic heterocycles. The highest BCUT2D eigenvalue weighted by Gasteiger charge is 2.20. The van der Waals surface area contributed by atoms with Crippen molar-refractivity contribution in [2.24, 2.45) is 0 Å². The van der Waals surface area contributed by atoms with Crippen LogP contribution >= 0.6 is 11.3 Å². The lowest BCUT2D eigenvalue weighted by Crippen LogP contribution is -2.30. The first-order chi connectivity index (χ1) is 7.75. The Morgan fingerprint density at radius 3 is 3.06 bits per heavy atom. The molecule has 0 spiro atoms. The van der Waals surface area contributed by atoms with Crippen molar-refractivity contribution >= 4 is 17.2 Å². The van der Waals surface area contributed by atoms with Gasteiger partial charge in [0.1, 0.15) is 0 Å². The lowest BCUT2D eigenvalue weighted by atomic mass is 10.2. The average molecular weight is 238 g/mol. The molecule has 2 rings (SSSR count). The highest BCUT2D eigenvalue weighted by Crippen LogP contribution is 2.19. The van der Waals surface area contributed by atoms with Crippen molar-refractivity contribution in [3.63, 3.8) is 0 Å². The van der Waals surface area contributed by atoms with Gasteiger partial charge in [-0.05, 0) is 31.2 Å². The third-order valence-electron chi connectivity index (χ3n) is 2.71. The molecule has 1 heterocycles. The van der Waals surface area contributed by atoms with E-state index in [0.29, 0.717) is 12.5 Å². The average Bonchev–Trinajstić information content (AvgIpc) is 2.91. The fourth-order valence-corrected chi connectivity index (χ4v) is 2.33. The number of nitrogens with one attached hydrogen (secondary N) is 2. The van der Waals surface area contributed by atoms with Gasteiger partial charge in [-0.25, -0.2) is 0 Å². The summed E-state index contributed by atoms with van der Waals surface area (Å²) in [6.07, 6.45) is 3.12. The van der Waals surface area contributed by atoms with Gasteiger partial charge in [0.25, 0.3) is 0 Å². The SMILES string of the molecule is CC(NC(=O)CCNC1CC1)c1cccs1. The summed E-state index contributed by atoms with van der Waals surface area (Å²) in [5.74, 6) is 0.133. The number of hydrogen-bond donors (Lipinski definition) is 2. The van der Waals surface area contributed by atoms with Crippen molar-refractivity contribution in [3.05, 3.63) is 22.4 Å². The van der Waals surface area contributed by atoms with E-state index in [9.17, 15) is 4.79 Å². The van der Waals surface area contributed by atoms with Crippen LogP contribution in [0.2, 0.25) is 0 Å². The van der Waals surface area contributed by atoms with Crippen molar-refractivity contribution in [2.45, 2.75) is 38.3 Å². The molecule has 1 atom stereocenters. The van der Waals surface area contributed by atoms with E-state index in [1.54, 1.807) is 11.3 Å². The third-order valence-corrected chi connectivity index (χ3v) is 3.76. The van der Waals surface area contributed by atoms with E-state index in [1.165, 1.54) is 17.7 Å². The Labute approximate surface area is 100 Å². The van der Waals surface area contributed by atoms with Gasteiger partial charge >= 0.3 is 0 Å². The summed E-state index contributed by atoms with van der Waals surface area (Å²) in [5, 5.41) is 8.38. The van der Waals surface area contributed by atoms with Gasteiger partial charge in [-0.15, -0.1) is 11.3 Å². The predicted octanol–water partition coefficient (Wildman–Crippen LogP) is 2.07. The zero-order valence-corrected chi connectivity index (χ0v) is 10.3. The Balaban J connectivity index is 1.65. The molecule has 2 N–H and O–H groups in total. The molecule has 1 aromatic heterocycles. The fourth-order valence-electron chi connectivity index (χ4n) is 1.60. The highest BCUT2D eigenvalue weighted by molar-refractivity contribution is 7.10. The molecule has 1 aliphatic carbocycles. The lowest BCUT2D eigenvalue weighted by molar-refractivity contribution is -0.121. The van der Waals surface area contributed by atoms with Crippen LogP contribution in [0.25, 0.3) is 0 Å². The number of carbonyl (C=O) groups excluding carboxylic acids is 1. The molecule has 16 heavy (non-hydrogen) atoms. The van der Waals surface area contributed by atoms with E-state index < -0.39 is 0 Å². The molecule has 1 aliphatic rings. The van der Waals surface area contributed by atoms with Gasteiger partial charge in [0.15, 0.2) is 0 Å². The summed E-state index contributed by atoms with van der Waals surface area (Å²) in [6.45, 7) is 2.83. The van der Waals surface area contributed by atoms with Gasteiger partial charge in [-0.1, -0.05) is 6.07 Å². The minimum absolute atomic E-state index is 0.133. The molecule has 0 aromatic carbocycles. The molecule has 1 saturated carbocycles. The van der Waals surface area contributed by atoms with E-state index in [-0.39, 0.29) is 11.9 Å². The Morgan fingerprint density at radius 1 is 1.62 bits per heavy atom. The number of carbonyl (C=O) groups is 1. The number of rotatable bonds is 6. The first kappa shape index (κ1) is 11.6. The summed E-state index contributed by atoms with van der Waals surface area (Å²) in [6, 6.07) is 4.88. The summed E-state index contributed by atoms with van der Waals surface area (Å²) in [5.41, 5.74) is 0. The molecule has 0 saturated heterocycles. The first-order valence-electron chi connectivity index (χ1n) is 5.82. The van der Waals surface area contributed by atoms with E-state index in [4.69, 9.17) is 0 Å². The summed E-state index contributed by atoms with van der Waals surface area (Å²) in [7, 11) is 0. The number of thiophene rings is 1. The molecule has 1 unspecified atom stereocenters. The van der Waals surface area contributed by atoms with Gasteiger partial charge in [0.2, 0.25) is 5.91 Å². The summed E-state index contributed by atoms with van der Waals surface area (Å²) in [4.78, 5) is 12.8. The van der Waals surface area contributed by atoms with Crippen molar-refractivity contribution in [3.8, 4) is 0 Å². The minimum atomic E-state index is 0.133. The van der Waals surface area contributed by atoms with Crippen molar-refractivity contribution < 1.29 is 4.79 Å². The topological polar surface area (TPSA) is 41.1 Å². The zero-order chi connectivity index (χ0) is 11.4. The Bertz CT molecular complexity index is 333. The van der Waals surface area contributed by atoms with Crippen LogP contribution in [0.4, 0.5) is 0 Å². The maximum atomic E-state index is 11.6. The van der Waals surface area contributed by atoms with Crippen molar-refractivity contribution in [1.82, 2.24) is 10.6 Å². The second-order valence-corrected chi connectivity index (χ2v) is 5.26. The minimum Gasteiger partial charge on any atom is -0.349 e. The van der Waals surface area contributed by atoms with Crippen LogP contribution in [0.5, 0.6) is 0 Å². The fraction of sp³-hybridized carbons (Fsp3) is 0.583. The van der Waals surface area contributed by atoms with Crippen LogP contribution in [0.3, 0.4) is 0 Å². The molecule has 4 heteroatoms. The Hall–Kier alpha value is -0.870. The summed E-state index contributed by atoms with van der Waals surface area (Å²) >= 11 is 1.68. The number of hydrogen-bond acceptors (Lipinski definition) is 3. The van der Waals surface area contributed by atoms with Crippen LogP contribution in [-0.4, -0.2) is 18.5 Å². The van der Waals surface area contributed by atoms with Crippen LogP contribution in [-0.2, 0) is 4.79 Å². The molecule has 0 bridgehead atoms. The molecule has 88 valence electrons. The monoisotopic (exact) mass is 238 g/mol. The lowest BCUT2D eigenvalue weighted by Gasteiger charge is -2.12. The zero-order valence-electron chi connectivity index (χ0n) is 9.53. The number of amides is 1. The van der Waals surface area contributed by atoms with Crippen molar-refractivity contribution in [1.29, 1.82) is 0 Å². The van der Waals surface area contributed by atoms with Gasteiger partial charge in [0, 0.05) is 23.9 Å². The molecular formula is C12H18N2OS. The molecular weight excluding hydrogens is 220 g/mol. The van der Waals surface area contributed by atoms with Crippen LogP contribution < -0.4 is 10.6 Å². The second-order valence-electron chi connectivity index (χ2n) is 4.28. The second kappa shape index (κ2) is 5.46. The highest BCUT2D eigenvalue weighted by atomic mass is 32.1. The van der Waals surface area contributed by atoms with Gasteiger partial charge in [-0.2, -0.15) is 0 Å². The van der Waals surface area contributed by atoms with Crippen LogP contribution in [0.15, 0.2) is 17.5 Å². The smallest absolute Gasteiger partial charge is 0.221 e. The van der Waals surface area contributed by atoms with Gasteiger partial charge in [0.05, 0.1) is 6.04 Å². The van der Waals surface area contributed by atoms with Crippen molar-refractivity contribution in [2.75, 3.05) is 6.54 Å². The molecule has 3 nitrogen and oxygen atoms in total. The molecule has 1 aromatic rings. The Morgan fingerprint density at radius 2 is 2.44 bits per heavy atom. The quantitative estimate of drug-likeness (QED) is 0.796. The standard InChI is InChI=1S/C12H18N2OS/c1-9(11-3-2-8-16-11)14-12(15)6-7-13-10-4-5-10/h2-3,8-10,13H,4-7H2,1H3,(H,14,15). The van der Waals surface area contributed by atoms with E-state index >= 15 is 0 Å². The Kier molecular flexibility index (Phi) is 3.96. The van der Waals surface area contributed by atoms with E-state index in [0.717, 1.165) is 6.54 Å². The van der Waals surface area contributed by atoms with E-state index in [2.05, 4.69) is 16.7 Å². The maximum absolute atomic E-state index is 11.6. The normalized spacial score (nSPS) is 17.1. The maximum Gasteiger partial charge on any atom is 0.221 e. The third kappa shape index (κ3) is 3.61. The van der Waals surface area contributed by atoms with Crippen LogP contribution in [0, 0.1) is 0 Å². The van der Waals surface area contributed by atoms with E-state index in [1.807, 2.05) is 18.4 Å². The first-order valence-corrected chi connectivity index (χ1v) is 6.70. The molecule has 0 radical (unpaired) electrons. The summed E-state index contributed by atoms with van der Waals surface area (Å²) < 4.78 is 0. The van der Waals surface area contributed by atoms with Gasteiger partial charge < -0.3 is 10.6 Å². The van der Waals surface area contributed by atoms with Crippen LogP contribution in [0.1, 0.15) is 37.1 Å².